The van der Waals surface area contributed by atoms with E-state index in [1.807, 2.05) is 6.92 Å². The maximum atomic E-state index is 12.3. The lowest BCUT2D eigenvalue weighted by Gasteiger charge is -2.35. The number of carbonyl (C=O) groups excluding carboxylic acids is 1. The van der Waals surface area contributed by atoms with Crippen molar-refractivity contribution >= 4 is 11.7 Å². The Morgan fingerprint density at radius 3 is 2.53 bits per heavy atom. The number of amidine groups is 1. The summed E-state index contributed by atoms with van der Waals surface area (Å²) in [6.45, 7) is 4.36. The molecule has 0 spiro atoms. The molecule has 1 saturated carbocycles. The first kappa shape index (κ1) is 13.8. The Morgan fingerprint density at radius 2 is 2.18 bits per heavy atom. The Balaban J connectivity index is 2.70. The van der Waals surface area contributed by atoms with Gasteiger partial charge in [-0.05, 0) is 32.1 Å². The van der Waals surface area contributed by atoms with Crippen molar-refractivity contribution in [3.63, 3.8) is 0 Å². The topological polar surface area (TPSA) is 78.9 Å². The second kappa shape index (κ2) is 5.38. The molecule has 1 aliphatic rings. The minimum absolute atomic E-state index is 0.00883. The third-order valence-electron chi connectivity index (χ3n) is 3.96. The molecule has 0 aliphatic heterocycles. The van der Waals surface area contributed by atoms with Gasteiger partial charge in [0, 0.05) is 13.6 Å². The van der Waals surface area contributed by atoms with E-state index in [1.165, 1.54) is 19.3 Å². The van der Waals surface area contributed by atoms with E-state index in [0.717, 1.165) is 6.54 Å². The van der Waals surface area contributed by atoms with Crippen LogP contribution < -0.4 is 5.73 Å². The van der Waals surface area contributed by atoms with Crippen LogP contribution in [-0.2, 0) is 4.79 Å². The van der Waals surface area contributed by atoms with Crippen molar-refractivity contribution in [2.75, 3.05) is 13.6 Å². The Labute approximate surface area is 103 Å². The van der Waals surface area contributed by atoms with Crippen molar-refractivity contribution in [2.45, 2.75) is 39.5 Å². The molecule has 1 unspecified atom stereocenters. The van der Waals surface area contributed by atoms with Crippen molar-refractivity contribution in [3.8, 4) is 0 Å². The summed E-state index contributed by atoms with van der Waals surface area (Å²) in [6, 6.07) is 0. The zero-order chi connectivity index (χ0) is 13.1. The molecular weight excluding hydrogens is 218 g/mol. The summed E-state index contributed by atoms with van der Waals surface area (Å²) in [5, 5.41) is 11.8. The minimum atomic E-state index is -0.896. The second-order valence-electron chi connectivity index (χ2n) is 5.15. The maximum absolute atomic E-state index is 12.3. The maximum Gasteiger partial charge on any atom is 0.235 e. The predicted octanol–water partition coefficient (Wildman–Crippen LogP) is 1.41. The van der Waals surface area contributed by atoms with Gasteiger partial charge in [0.25, 0.3) is 0 Å². The summed E-state index contributed by atoms with van der Waals surface area (Å²) < 4.78 is 0. The molecule has 0 radical (unpaired) electrons. The number of hydrogen-bond donors (Lipinski definition) is 2. The van der Waals surface area contributed by atoms with Crippen LogP contribution in [0.3, 0.4) is 0 Å². The van der Waals surface area contributed by atoms with E-state index in [4.69, 9.17) is 10.9 Å². The molecular formula is C12H23N3O2. The monoisotopic (exact) mass is 241 g/mol. The molecule has 17 heavy (non-hydrogen) atoms. The highest BCUT2D eigenvalue weighted by Gasteiger charge is 2.39. The number of nitrogens with two attached hydrogens (primary N) is 1. The average Bonchev–Trinajstić information content (AvgIpc) is 2.30. The van der Waals surface area contributed by atoms with Crippen LogP contribution in [0.1, 0.15) is 39.5 Å². The molecule has 1 fully saturated rings. The molecule has 0 aromatic carbocycles. The van der Waals surface area contributed by atoms with Gasteiger partial charge in [0.2, 0.25) is 5.91 Å². The summed E-state index contributed by atoms with van der Waals surface area (Å²) in [4.78, 5) is 14.0. The second-order valence-corrected chi connectivity index (χ2v) is 5.15. The number of hydrogen-bond acceptors (Lipinski definition) is 3. The minimum Gasteiger partial charge on any atom is -0.409 e. The highest BCUT2D eigenvalue weighted by Crippen LogP contribution is 2.29. The van der Waals surface area contributed by atoms with Gasteiger partial charge in [-0.25, -0.2) is 0 Å². The lowest BCUT2D eigenvalue weighted by atomic mass is 9.82. The van der Waals surface area contributed by atoms with Crippen molar-refractivity contribution in [3.05, 3.63) is 0 Å². The average molecular weight is 241 g/mol. The molecule has 1 amide bonds. The van der Waals surface area contributed by atoms with E-state index in [1.54, 1.807) is 18.9 Å². The third-order valence-corrected chi connectivity index (χ3v) is 3.96. The predicted molar refractivity (Wildman–Crippen MR) is 66.8 cm³/mol. The Morgan fingerprint density at radius 1 is 1.59 bits per heavy atom. The van der Waals surface area contributed by atoms with E-state index in [-0.39, 0.29) is 11.7 Å². The summed E-state index contributed by atoms with van der Waals surface area (Å²) in [6.07, 6.45) is 4.18. The van der Waals surface area contributed by atoms with Crippen LogP contribution >= 0.6 is 0 Å². The van der Waals surface area contributed by atoms with Crippen LogP contribution in [0.25, 0.3) is 0 Å². The fourth-order valence-corrected chi connectivity index (χ4v) is 2.12. The zero-order valence-electron chi connectivity index (χ0n) is 10.9. The number of nitrogens with zero attached hydrogens (tertiary/aromatic N) is 2. The third kappa shape index (κ3) is 2.70. The quantitative estimate of drug-likeness (QED) is 0.330. The Kier molecular flexibility index (Phi) is 4.37. The van der Waals surface area contributed by atoms with Gasteiger partial charge >= 0.3 is 0 Å². The Hall–Kier alpha value is -1.26. The van der Waals surface area contributed by atoms with Crippen molar-refractivity contribution in [1.82, 2.24) is 4.90 Å². The molecule has 1 aliphatic carbocycles. The molecule has 98 valence electrons. The highest BCUT2D eigenvalue weighted by atomic mass is 16.4. The fourth-order valence-electron chi connectivity index (χ4n) is 2.12. The molecule has 0 bridgehead atoms. The molecule has 3 N–H and O–H groups in total. The van der Waals surface area contributed by atoms with E-state index in [2.05, 4.69) is 5.16 Å². The van der Waals surface area contributed by atoms with Crippen molar-refractivity contribution in [2.24, 2.45) is 22.2 Å². The number of amides is 1. The van der Waals surface area contributed by atoms with Crippen LogP contribution in [0.4, 0.5) is 0 Å². The summed E-state index contributed by atoms with van der Waals surface area (Å²) in [7, 11) is 1.79. The first-order chi connectivity index (χ1) is 7.95. The van der Waals surface area contributed by atoms with Gasteiger partial charge in [0.15, 0.2) is 5.84 Å². The zero-order valence-corrected chi connectivity index (χ0v) is 10.9. The van der Waals surface area contributed by atoms with Crippen LogP contribution in [0.15, 0.2) is 5.16 Å². The van der Waals surface area contributed by atoms with Gasteiger partial charge in [0.05, 0.1) is 0 Å². The van der Waals surface area contributed by atoms with Gasteiger partial charge in [-0.15, -0.1) is 0 Å². The van der Waals surface area contributed by atoms with E-state index >= 15 is 0 Å². The summed E-state index contributed by atoms with van der Waals surface area (Å²) >= 11 is 0. The molecule has 0 heterocycles. The molecule has 5 heteroatoms. The number of rotatable bonds is 5. The summed E-state index contributed by atoms with van der Waals surface area (Å²) in [5.74, 6) is 0.546. The van der Waals surface area contributed by atoms with Crippen LogP contribution in [0, 0.1) is 11.3 Å². The van der Waals surface area contributed by atoms with Gasteiger partial charge in [-0.2, -0.15) is 0 Å². The van der Waals surface area contributed by atoms with Crippen LogP contribution in [0.2, 0.25) is 0 Å². The van der Waals surface area contributed by atoms with Gasteiger partial charge in [-0.1, -0.05) is 18.5 Å². The van der Waals surface area contributed by atoms with Crippen LogP contribution in [-0.4, -0.2) is 35.4 Å². The Bertz CT molecular complexity index is 313. The molecule has 5 nitrogen and oxygen atoms in total. The lowest BCUT2D eigenvalue weighted by molar-refractivity contribution is -0.137. The molecule has 0 aromatic heterocycles. The van der Waals surface area contributed by atoms with Crippen molar-refractivity contribution < 1.29 is 10.0 Å². The molecule has 0 aromatic rings. The normalized spacial score (nSPS) is 20.5. The van der Waals surface area contributed by atoms with E-state index < -0.39 is 5.41 Å². The fraction of sp³-hybridized carbons (Fsp3) is 0.833. The first-order valence-electron chi connectivity index (χ1n) is 6.19. The van der Waals surface area contributed by atoms with Gasteiger partial charge < -0.3 is 15.8 Å². The lowest BCUT2D eigenvalue weighted by Crippen LogP contribution is -2.49. The van der Waals surface area contributed by atoms with Gasteiger partial charge in [0.1, 0.15) is 5.41 Å². The SMILES string of the molecule is CCC(C)(C(=O)N(C)CC1CCC1)C(N)=NO. The number of oxime groups is 1. The van der Waals surface area contributed by atoms with Gasteiger partial charge in [-0.3, -0.25) is 4.79 Å². The summed E-state index contributed by atoms with van der Waals surface area (Å²) in [5.41, 5.74) is 4.73. The largest absolute Gasteiger partial charge is 0.409 e. The molecule has 0 saturated heterocycles. The molecule has 1 rings (SSSR count). The number of carbonyl (C=O) groups is 1. The standard InChI is InChI=1S/C12H23N3O2/c1-4-12(2,10(13)14-17)11(16)15(3)8-9-6-5-7-9/h9,17H,4-8H2,1-3H3,(H2,13,14). The van der Waals surface area contributed by atoms with E-state index in [9.17, 15) is 4.79 Å². The molecule has 1 atom stereocenters. The van der Waals surface area contributed by atoms with E-state index in [0.29, 0.717) is 12.3 Å². The van der Waals surface area contributed by atoms with Crippen LogP contribution in [0.5, 0.6) is 0 Å². The smallest absolute Gasteiger partial charge is 0.235 e. The highest BCUT2D eigenvalue weighted by molar-refractivity contribution is 6.06. The first-order valence-corrected chi connectivity index (χ1v) is 6.19. The van der Waals surface area contributed by atoms with Crippen molar-refractivity contribution in [1.29, 1.82) is 0 Å².